The van der Waals surface area contributed by atoms with Gasteiger partial charge in [-0.2, -0.15) is 17.5 Å². The molecule has 1 aliphatic heterocycles. The first-order valence-corrected chi connectivity index (χ1v) is 11.6. The molecule has 1 atom stereocenters. The van der Waals surface area contributed by atoms with Crippen LogP contribution < -0.4 is 10.1 Å². The SMILES string of the molecule is Cc1ccc(NC(=O)c2ccc(S(=O)(=O)N3CCCCC3C)cc2)c(OCC(F)(F)F)c1. The minimum absolute atomic E-state index is 0.0867. The lowest BCUT2D eigenvalue weighted by atomic mass is 10.1. The number of rotatable bonds is 6. The zero-order valence-electron chi connectivity index (χ0n) is 17.8. The van der Waals surface area contributed by atoms with Crippen molar-refractivity contribution in [2.45, 2.75) is 50.2 Å². The lowest BCUT2D eigenvalue weighted by molar-refractivity contribution is -0.153. The minimum atomic E-state index is -4.52. The van der Waals surface area contributed by atoms with E-state index < -0.39 is 28.7 Å². The second-order valence-corrected chi connectivity index (χ2v) is 9.73. The van der Waals surface area contributed by atoms with Crippen LogP contribution in [0.4, 0.5) is 18.9 Å². The van der Waals surface area contributed by atoms with Crippen molar-refractivity contribution in [1.29, 1.82) is 0 Å². The Morgan fingerprint density at radius 2 is 1.84 bits per heavy atom. The van der Waals surface area contributed by atoms with Gasteiger partial charge < -0.3 is 10.1 Å². The van der Waals surface area contributed by atoms with Gasteiger partial charge in [0.2, 0.25) is 10.0 Å². The Labute approximate surface area is 185 Å². The first-order chi connectivity index (χ1) is 15.0. The summed E-state index contributed by atoms with van der Waals surface area (Å²) in [7, 11) is -3.67. The summed E-state index contributed by atoms with van der Waals surface area (Å²) in [5, 5.41) is 2.53. The van der Waals surface area contributed by atoms with Gasteiger partial charge in [-0.25, -0.2) is 8.42 Å². The number of carbonyl (C=O) groups excluding carboxylic acids is 1. The van der Waals surface area contributed by atoms with E-state index in [9.17, 15) is 26.4 Å². The number of anilines is 1. The van der Waals surface area contributed by atoms with Crippen molar-refractivity contribution in [3.8, 4) is 5.75 Å². The molecule has 0 aliphatic carbocycles. The molecule has 1 fully saturated rings. The van der Waals surface area contributed by atoms with Gasteiger partial charge in [-0.15, -0.1) is 0 Å². The molecule has 1 saturated heterocycles. The quantitative estimate of drug-likeness (QED) is 0.661. The van der Waals surface area contributed by atoms with Crippen LogP contribution in [0.3, 0.4) is 0 Å². The summed E-state index contributed by atoms with van der Waals surface area (Å²) in [6, 6.07) is 9.87. The monoisotopic (exact) mass is 470 g/mol. The molecule has 0 saturated carbocycles. The van der Waals surface area contributed by atoms with E-state index in [2.05, 4.69) is 5.32 Å². The Kier molecular flexibility index (Phi) is 7.14. The second-order valence-electron chi connectivity index (χ2n) is 7.84. The van der Waals surface area contributed by atoms with E-state index >= 15 is 0 Å². The fraction of sp³-hybridized carbons (Fsp3) is 0.409. The van der Waals surface area contributed by atoms with Crippen LogP contribution in [0.2, 0.25) is 0 Å². The molecule has 0 aromatic heterocycles. The van der Waals surface area contributed by atoms with E-state index in [-0.39, 0.29) is 27.9 Å². The Balaban J connectivity index is 1.76. The molecular weight excluding hydrogens is 445 g/mol. The average Bonchev–Trinajstić information content (AvgIpc) is 2.73. The Morgan fingerprint density at radius 1 is 1.16 bits per heavy atom. The number of carbonyl (C=O) groups is 1. The summed E-state index contributed by atoms with van der Waals surface area (Å²) < 4.78 is 69.7. The largest absolute Gasteiger partial charge is 0.482 e. The molecule has 174 valence electrons. The standard InChI is InChI=1S/C22H25F3N2O4S/c1-15-6-11-19(20(13-15)31-14-22(23,24)25)26-21(28)17-7-9-18(10-8-17)32(29,30)27-12-4-3-5-16(27)2/h6-11,13,16H,3-5,12,14H2,1-2H3,(H,26,28). The predicted octanol–water partition coefficient (Wildman–Crippen LogP) is 4.75. The van der Waals surface area contributed by atoms with Gasteiger partial charge >= 0.3 is 6.18 Å². The smallest absolute Gasteiger partial charge is 0.422 e. The fourth-order valence-corrected chi connectivity index (χ4v) is 5.25. The molecule has 0 spiro atoms. The Morgan fingerprint density at radius 3 is 2.47 bits per heavy atom. The van der Waals surface area contributed by atoms with Gasteiger partial charge in [0.15, 0.2) is 6.61 Å². The van der Waals surface area contributed by atoms with Crippen molar-refractivity contribution < 1.29 is 31.1 Å². The Bertz CT molecular complexity index is 1070. The zero-order valence-corrected chi connectivity index (χ0v) is 18.6. The molecule has 1 amide bonds. The summed E-state index contributed by atoms with van der Waals surface area (Å²) in [6.07, 6.45) is -1.92. The highest BCUT2D eigenvalue weighted by atomic mass is 32.2. The number of hydrogen-bond acceptors (Lipinski definition) is 4. The van der Waals surface area contributed by atoms with Crippen LogP contribution in [0.25, 0.3) is 0 Å². The summed E-state index contributed by atoms with van der Waals surface area (Å²) in [5.74, 6) is -0.699. The van der Waals surface area contributed by atoms with Crippen LogP contribution in [0.1, 0.15) is 42.1 Å². The van der Waals surface area contributed by atoms with Gasteiger partial charge in [-0.1, -0.05) is 12.5 Å². The van der Waals surface area contributed by atoms with E-state index in [0.29, 0.717) is 12.1 Å². The van der Waals surface area contributed by atoms with Gasteiger partial charge in [-0.3, -0.25) is 4.79 Å². The average molecular weight is 471 g/mol. The van der Waals surface area contributed by atoms with Crippen molar-refractivity contribution in [2.24, 2.45) is 0 Å². The number of piperidine rings is 1. The number of halogens is 3. The topological polar surface area (TPSA) is 75.7 Å². The third kappa shape index (κ3) is 5.80. The van der Waals surface area contributed by atoms with E-state index in [0.717, 1.165) is 19.3 Å². The molecule has 1 aliphatic rings. The number of nitrogens with zero attached hydrogens (tertiary/aromatic N) is 1. The summed E-state index contributed by atoms with van der Waals surface area (Å²) in [6.45, 7) is 2.54. The van der Waals surface area contributed by atoms with Gasteiger partial charge in [0, 0.05) is 18.2 Å². The molecule has 1 N–H and O–H groups in total. The van der Waals surface area contributed by atoms with Gasteiger partial charge in [-0.05, 0) is 68.7 Å². The van der Waals surface area contributed by atoms with Gasteiger partial charge in [0.05, 0.1) is 10.6 Å². The van der Waals surface area contributed by atoms with Crippen molar-refractivity contribution in [3.63, 3.8) is 0 Å². The highest BCUT2D eigenvalue weighted by Crippen LogP contribution is 2.29. The van der Waals surface area contributed by atoms with Crippen molar-refractivity contribution in [2.75, 3.05) is 18.5 Å². The first kappa shape index (κ1) is 24.1. The van der Waals surface area contributed by atoms with E-state index in [1.807, 2.05) is 6.92 Å². The van der Waals surface area contributed by atoms with Crippen molar-refractivity contribution in [3.05, 3.63) is 53.6 Å². The summed E-state index contributed by atoms with van der Waals surface area (Å²) in [4.78, 5) is 12.7. The molecule has 6 nitrogen and oxygen atoms in total. The van der Waals surface area contributed by atoms with Gasteiger partial charge in [0.1, 0.15) is 5.75 Å². The fourth-order valence-electron chi connectivity index (χ4n) is 3.55. The highest BCUT2D eigenvalue weighted by Gasteiger charge is 2.31. The van der Waals surface area contributed by atoms with Crippen LogP contribution >= 0.6 is 0 Å². The van der Waals surface area contributed by atoms with Crippen LogP contribution in [0.5, 0.6) is 5.75 Å². The molecule has 1 unspecified atom stereocenters. The van der Waals surface area contributed by atoms with Crippen LogP contribution in [-0.2, 0) is 10.0 Å². The number of aryl methyl sites for hydroxylation is 1. The molecule has 0 radical (unpaired) electrons. The normalized spacial score (nSPS) is 17.7. The van der Waals surface area contributed by atoms with Gasteiger partial charge in [0.25, 0.3) is 5.91 Å². The molecule has 2 aromatic rings. The maximum atomic E-state index is 12.9. The Hall–Kier alpha value is -2.59. The zero-order chi connectivity index (χ0) is 23.5. The van der Waals surface area contributed by atoms with E-state index in [4.69, 9.17) is 4.74 Å². The number of ether oxygens (including phenoxy) is 1. The van der Waals surface area contributed by atoms with E-state index in [1.165, 1.54) is 40.7 Å². The second kappa shape index (κ2) is 9.50. The van der Waals surface area contributed by atoms with Crippen LogP contribution in [0, 0.1) is 6.92 Å². The molecule has 1 heterocycles. The maximum absolute atomic E-state index is 12.9. The summed E-state index contributed by atoms with van der Waals surface area (Å²) >= 11 is 0. The first-order valence-electron chi connectivity index (χ1n) is 10.2. The maximum Gasteiger partial charge on any atom is 0.422 e. The number of benzene rings is 2. The lowest BCUT2D eigenvalue weighted by Gasteiger charge is -2.32. The third-order valence-corrected chi connectivity index (χ3v) is 7.27. The molecule has 2 aromatic carbocycles. The molecule has 32 heavy (non-hydrogen) atoms. The van der Waals surface area contributed by atoms with Crippen molar-refractivity contribution >= 4 is 21.6 Å². The van der Waals surface area contributed by atoms with E-state index in [1.54, 1.807) is 13.0 Å². The predicted molar refractivity (Wildman–Crippen MR) is 114 cm³/mol. The molecule has 0 bridgehead atoms. The minimum Gasteiger partial charge on any atom is -0.482 e. The molecule has 10 heteroatoms. The van der Waals surface area contributed by atoms with Crippen LogP contribution in [0.15, 0.2) is 47.4 Å². The number of sulfonamides is 1. The third-order valence-electron chi connectivity index (χ3n) is 5.24. The number of hydrogen-bond donors (Lipinski definition) is 1. The van der Waals surface area contributed by atoms with Crippen molar-refractivity contribution in [1.82, 2.24) is 4.31 Å². The highest BCUT2D eigenvalue weighted by molar-refractivity contribution is 7.89. The molecular formula is C22H25F3N2O4S. The number of alkyl halides is 3. The molecule has 3 rings (SSSR count). The number of amides is 1. The summed E-state index contributed by atoms with van der Waals surface area (Å²) in [5.41, 5.74) is 0.920. The lowest BCUT2D eigenvalue weighted by Crippen LogP contribution is -2.41. The number of nitrogens with one attached hydrogen (secondary N) is 1. The van der Waals surface area contributed by atoms with Crippen LogP contribution in [-0.4, -0.2) is 44.0 Å².